The van der Waals surface area contributed by atoms with Gasteiger partial charge in [0.2, 0.25) is 0 Å². The number of likely N-dealkylation sites (tertiary alicyclic amines) is 1. The van der Waals surface area contributed by atoms with Crippen LogP contribution in [0, 0.1) is 5.92 Å². The highest BCUT2D eigenvalue weighted by molar-refractivity contribution is 9.10. The summed E-state index contributed by atoms with van der Waals surface area (Å²) in [6, 6.07) is 9.55. The van der Waals surface area contributed by atoms with Crippen molar-refractivity contribution in [1.29, 1.82) is 0 Å². The Morgan fingerprint density at radius 2 is 1.83 bits per heavy atom. The molecule has 2 aliphatic rings. The number of fused-ring (bicyclic) bond motifs is 1. The molecule has 1 heterocycles. The monoisotopic (exact) mass is 307 g/mol. The number of benzene rings is 1. The summed E-state index contributed by atoms with van der Waals surface area (Å²) in [6.07, 6.45) is 8.66. The molecule has 0 amide bonds. The van der Waals surface area contributed by atoms with Crippen LogP contribution in [0.25, 0.3) is 0 Å². The second-order valence-corrected chi connectivity index (χ2v) is 6.67. The molecule has 2 atom stereocenters. The molecule has 0 N–H and O–H groups in total. The van der Waals surface area contributed by atoms with Crippen molar-refractivity contribution in [2.75, 3.05) is 6.54 Å². The molecule has 1 aromatic rings. The van der Waals surface area contributed by atoms with E-state index < -0.39 is 0 Å². The predicted octanol–water partition coefficient (Wildman–Crippen LogP) is 4.60. The Balaban J connectivity index is 1.73. The maximum Gasteiger partial charge on any atom is 0.0247 e. The quantitative estimate of drug-likeness (QED) is 0.771. The summed E-state index contributed by atoms with van der Waals surface area (Å²) in [7, 11) is 0. The number of halogens is 1. The van der Waals surface area contributed by atoms with Gasteiger partial charge in [-0.1, -0.05) is 47.0 Å². The van der Waals surface area contributed by atoms with Crippen molar-refractivity contribution in [3.05, 3.63) is 34.3 Å². The van der Waals surface area contributed by atoms with E-state index in [0.29, 0.717) is 0 Å². The van der Waals surface area contributed by atoms with Gasteiger partial charge in [-0.05, 0) is 49.8 Å². The van der Waals surface area contributed by atoms with Gasteiger partial charge in [0.15, 0.2) is 0 Å². The molecule has 0 unspecified atom stereocenters. The van der Waals surface area contributed by atoms with E-state index in [2.05, 4.69) is 45.1 Å². The van der Waals surface area contributed by atoms with E-state index in [9.17, 15) is 0 Å². The highest BCUT2D eigenvalue weighted by atomic mass is 79.9. The van der Waals surface area contributed by atoms with E-state index in [-0.39, 0.29) is 0 Å². The van der Waals surface area contributed by atoms with Crippen LogP contribution in [0.15, 0.2) is 28.7 Å². The summed E-state index contributed by atoms with van der Waals surface area (Å²) < 4.78 is 1.27. The van der Waals surface area contributed by atoms with Gasteiger partial charge >= 0.3 is 0 Å². The minimum atomic E-state index is 0.861. The molecule has 2 heteroatoms. The molecular formula is C16H22BrN. The first-order valence-electron chi connectivity index (χ1n) is 7.32. The summed E-state index contributed by atoms with van der Waals surface area (Å²) >= 11 is 3.68. The van der Waals surface area contributed by atoms with Crippen molar-refractivity contribution in [2.45, 2.75) is 51.1 Å². The predicted molar refractivity (Wildman–Crippen MR) is 79.5 cm³/mol. The zero-order valence-corrected chi connectivity index (χ0v) is 12.5. The smallest absolute Gasteiger partial charge is 0.0247 e. The van der Waals surface area contributed by atoms with E-state index in [4.69, 9.17) is 0 Å². The lowest BCUT2D eigenvalue weighted by atomic mass is 9.78. The zero-order valence-electron chi connectivity index (χ0n) is 10.9. The Kier molecular flexibility index (Phi) is 4.05. The fourth-order valence-corrected chi connectivity index (χ4v) is 4.18. The van der Waals surface area contributed by atoms with Gasteiger partial charge in [-0.15, -0.1) is 0 Å². The van der Waals surface area contributed by atoms with Crippen molar-refractivity contribution < 1.29 is 0 Å². The van der Waals surface area contributed by atoms with E-state index in [1.54, 1.807) is 0 Å². The fourth-order valence-electron chi connectivity index (χ4n) is 3.77. The molecule has 98 valence electrons. The molecule has 1 saturated carbocycles. The van der Waals surface area contributed by atoms with Crippen molar-refractivity contribution in [1.82, 2.24) is 4.90 Å². The number of piperidine rings is 1. The Morgan fingerprint density at radius 3 is 2.72 bits per heavy atom. The van der Waals surface area contributed by atoms with Gasteiger partial charge in [0.05, 0.1) is 0 Å². The third-order valence-electron chi connectivity index (χ3n) is 4.69. The molecule has 1 saturated heterocycles. The normalized spacial score (nSPS) is 28.9. The van der Waals surface area contributed by atoms with Gasteiger partial charge in [-0.2, -0.15) is 0 Å². The summed E-state index contributed by atoms with van der Waals surface area (Å²) in [5, 5.41) is 0. The van der Waals surface area contributed by atoms with Gasteiger partial charge < -0.3 is 0 Å². The molecular weight excluding hydrogens is 286 g/mol. The van der Waals surface area contributed by atoms with Crippen LogP contribution in [0.5, 0.6) is 0 Å². The van der Waals surface area contributed by atoms with Crippen LogP contribution in [-0.2, 0) is 6.54 Å². The van der Waals surface area contributed by atoms with Crippen LogP contribution in [0.1, 0.15) is 44.1 Å². The molecule has 1 nitrogen and oxygen atoms in total. The number of nitrogens with zero attached hydrogens (tertiary/aromatic N) is 1. The molecule has 2 fully saturated rings. The molecule has 18 heavy (non-hydrogen) atoms. The maximum absolute atomic E-state index is 3.68. The summed E-state index contributed by atoms with van der Waals surface area (Å²) in [5.74, 6) is 0.981. The lowest BCUT2D eigenvalue weighted by Gasteiger charge is -2.44. The van der Waals surface area contributed by atoms with Crippen LogP contribution in [0.3, 0.4) is 0 Å². The molecule has 0 spiro atoms. The largest absolute Gasteiger partial charge is 0.296 e. The summed E-state index contributed by atoms with van der Waals surface area (Å²) in [6.45, 7) is 2.42. The van der Waals surface area contributed by atoms with Crippen molar-refractivity contribution in [2.24, 2.45) is 5.92 Å². The van der Waals surface area contributed by atoms with E-state index in [0.717, 1.165) is 18.5 Å². The first kappa shape index (κ1) is 12.7. The average molecular weight is 308 g/mol. The minimum absolute atomic E-state index is 0.861. The summed E-state index contributed by atoms with van der Waals surface area (Å²) in [4.78, 5) is 2.74. The third kappa shape index (κ3) is 2.65. The van der Waals surface area contributed by atoms with Crippen LogP contribution in [-0.4, -0.2) is 17.5 Å². The maximum atomic E-state index is 3.68. The van der Waals surface area contributed by atoms with Crippen LogP contribution in [0.4, 0.5) is 0 Å². The van der Waals surface area contributed by atoms with Crippen molar-refractivity contribution in [3.63, 3.8) is 0 Å². The van der Waals surface area contributed by atoms with Gasteiger partial charge in [-0.25, -0.2) is 0 Å². The first-order valence-corrected chi connectivity index (χ1v) is 8.11. The molecule has 1 aliphatic carbocycles. The topological polar surface area (TPSA) is 3.24 Å². The third-order valence-corrected chi connectivity index (χ3v) is 5.46. The standard InChI is InChI=1S/C16H22BrN/c17-15-9-3-1-7-14(15)12-18-11-5-8-13-6-2-4-10-16(13)18/h1,3,7,9,13,16H,2,4-6,8,10-12H2/t13-,16-/m1/s1. The second kappa shape index (κ2) is 5.75. The Bertz CT molecular complexity index is 402. The van der Waals surface area contributed by atoms with Crippen molar-refractivity contribution >= 4 is 15.9 Å². The van der Waals surface area contributed by atoms with Crippen LogP contribution < -0.4 is 0 Å². The Hall–Kier alpha value is -0.340. The molecule has 0 bridgehead atoms. The lowest BCUT2D eigenvalue weighted by molar-refractivity contribution is 0.0545. The van der Waals surface area contributed by atoms with Gasteiger partial charge in [0.25, 0.3) is 0 Å². The van der Waals surface area contributed by atoms with Crippen LogP contribution >= 0.6 is 15.9 Å². The van der Waals surface area contributed by atoms with Crippen LogP contribution in [0.2, 0.25) is 0 Å². The van der Waals surface area contributed by atoms with Crippen molar-refractivity contribution in [3.8, 4) is 0 Å². The Labute approximate surface area is 119 Å². The van der Waals surface area contributed by atoms with E-state index >= 15 is 0 Å². The number of hydrogen-bond acceptors (Lipinski definition) is 1. The van der Waals surface area contributed by atoms with Gasteiger partial charge in [-0.3, -0.25) is 4.90 Å². The molecule has 3 rings (SSSR count). The van der Waals surface area contributed by atoms with E-state index in [1.807, 2.05) is 0 Å². The minimum Gasteiger partial charge on any atom is -0.296 e. The van der Waals surface area contributed by atoms with Gasteiger partial charge in [0, 0.05) is 17.1 Å². The summed E-state index contributed by atoms with van der Waals surface area (Å²) in [5.41, 5.74) is 1.45. The number of hydrogen-bond donors (Lipinski definition) is 0. The van der Waals surface area contributed by atoms with E-state index in [1.165, 1.54) is 55.1 Å². The molecule has 0 radical (unpaired) electrons. The average Bonchev–Trinajstić information content (AvgIpc) is 2.42. The number of rotatable bonds is 2. The fraction of sp³-hybridized carbons (Fsp3) is 0.625. The molecule has 1 aromatic carbocycles. The SMILES string of the molecule is Brc1ccccc1CN1CCC[C@H]2CCCC[C@H]21. The lowest BCUT2D eigenvalue weighted by Crippen LogP contribution is -2.46. The second-order valence-electron chi connectivity index (χ2n) is 5.82. The highest BCUT2D eigenvalue weighted by Crippen LogP contribution is 2.36. The Morgan fingerprint density at radius 1 is 1.06 bits per heavy atom. The zero-order chi connectivity index (χ0) is 12.4. The molecule has 0 aromatic heterocycles. The van der Waals surface area contributed by atoms with Gasteiger partial charge in [0.1, 0.15) is 0 Å². The first-order chi connectivity index (χ1) is 8.84. The molecule has 1 aliphatic heterocycles. The highest BCUT2D eigenvalue weighted by Gasteiger charge is 2.33.